The standard InChI is InChI=1S/C11H16ClNO3S2/c1-11(2,3)4-5-13-10(14)8-6-9(17-7-8)18(12,15)16/h6-7H,4-5H2,1-3H3,(H,13,14). The van der Waals surface area contributed by atoms with Crippen LogP contribution in [0.3, 0.4) is 0 Å². The van der Waals surface area contributed by atoms with Crippen LogP contribution in [-0.4, -0.2) is 20.9 Å². The predicted molar refractivity (Wildman–Crippen MR) is 73.8 cm³/mol. The van der Waals surface area contributed by atoms with E-state index in [0.717, 1.165) is 17.8 Å². The fourth-order valence-electron chi connectivity index (χ4n) is 1.22. The Morgan fingerprint density at radius 2 is 2.06 bits per heavy atom. The summed E-state index contributed by atoms with van der Waals surface area (Å²) in [5.74, 6) is -0.276. The SMILES string of the molecule is CC(C)(C)CCNC(=O)c1csc(S(=O)(=O)Cl)c1. The second-order valence-corrected chi connectivity index (χ2v) is 8.86. The number of hydrogen-bond donors (Lipinski definition) is 1. The molecule has 0 bridgehead atoms. The lowest BCUT2D eigenvalue weighted by Gasteiger charge is -2.17. The first-order valence-corrected chi connectivity index (χ1v) is 8.60. The van der Waals surface area contributed by atoms with Crippen molar-refractivity contribution in [3.63, 3.8) is 0 Å². The quantitative estimate of drug-likeness (QED) is 0.870. The monoisotopic (exact) mass is 309 g/mol. The zero-order valence-corrected chi connectivity index (χ0v) is 12.9. The predicted octanol–water partition coefficient (Wildman–Crippen LogP) is 2.84. The first-order valence-electron chi connectivity index (χ1n) is 5.41. The van der Waals surface area contributed by atoms with Crippen LogP contribution in [-0.2, 0) is 9.05 Å². The molecule has 4 nitrogen and oxygen atoms in total. The molecule has 0 saturated carbocycles. The number of hydrogen-bond acceptors (Lipinski definition) is 4. The summed E-state index contributed by atoms with van der Waals surface area (Å²) in [6.45, 7) is 6.81. The molecule has 0 aliphatic heterocycles. The molecule has 7 heteroatoms. The van der Waals surface area contributed by atoms with Crippen LogP contribution in [0.4, 0.5) is 0 Å². The van der Waals surface area contributed by atoms with Gasteiger partial charge >= 0.3 is 0 Å². The molecule has 0 fully saturated rings. The summed E-state index contributed by atoms with van der Waals surface area (Å²) in [6.07, 6.45) is 0.851. The van der Waals surface area contributed by atoms with Crippen LogP contribution >= 0.6 is 22.0 Å². The highest BCUT2D eigenvalue weighted by atomic mass is 35.7. The van der Waals surface area contributed by atoms with E-state index < -0.39 is 9.05 Å². The van der Waals surface area contributed by atoms with Crippen molar-refractivity contribution in [2.24, 2.45) is 5.41 Å². The van der Waals surface area contributed by atoms with Gasteiger partial charge in [0.2, 0.25) is 0 Å². The van der Waals surface area contributed by atoms with Crippen LogP contribution in [0.2, 0.25) is 0 Å². The highest BCUT2D eigenvalue weighted by Crippen LogP contribution is 2.23. The maximum Gasteiger partial charge on any atom is 0.270 e. The molecule has 18 heavy (non-hydrogen) atoms. The molecule has 0 aromatic carbocycles. The molecule has 1 aromatic heterocycles. The molecule has 1 N–H and O–H groups in total. The molecule has 0 radical (unpaired) electrons. The Labute approximate surface area is 116 Å². The van der Waals surface area contributed by atoms with Gasteiger partial charge in [-0.2, -0.15) is 0 Å². The Morgan fingerprint density at radius 3 is 2.50 bits per heavy atom. The van der Waals surface area contributed by atoms with Gasteiger partial charge in [-0.1, -0.05) is 20.8 Å². The molecular formula is C11H16ClNO3S2. The van der Waals surface area contributed by atoms with E-state index in [1.54, 1.807) is 0 Å². The Balaban J connectivity index is 2.61. The number of rotatable bonds is 4. The van der Waals surface area contributed by atoms with Gasteiger partial charge in [0.05, 0.1) is 5.56 Å². The van der Waals surface area contributed by atoms with Gasteiger partial charge in [0.25, 0.3) is 15.0 Å². The maximum absolute atomic E-state index is 11.7. The van der Waals surface area contributed by atoms with Crippen LogP contribution in [0, 0.1) is 5.41 Å². The topological polar surface area (TPSA) is 63.2 Å². The summed E-state index contributed by atoms with van der Waals surface area (Å²) < 4.78 is 22.1. The number of thiophene rings is 1. The van der Waals surface area contributed by atoms with Gasteiger partial charge in [0.1, 0.15) is 4.21 Å². The first kappa shape index (κ1) is 15.5. The minimum Gasteiger partial charge on any atom is -0.352 e. The molecule has 0 aliphatic rings. The molecule has 0 atom stereocenters. The average molecular weight is 310 g/mol. The van der Waals surface area contributed by atoms with Crippen LogP contribution in [0.5, 0.6) is 0 Å². The molecule has 1 aromatic rings. The zero-order chi connectivity index (χ0) is 14.0. The van der Waals surface area contributed by atoms with Crippen molar-refractivity contribution < 1.29 is 13.2 Å². The van der Waals surface area contributed by atoms with E-state index in [4.69, 9.17) is 10.7 Å². The first-order chi connectivity index (χ1) is 8.09. The lowest BCUT2D eigenvalue weighted by molar-refractivity contribution is 0.0950. The second-order valence-electron chi connectivity index (χ2n) is 5.16. The van der Waals surface area contributed by atoms with E-state index in [1.165, 1.54) is 11.4 Å². The van der Waals surface area contributed by atoms with Gasteiger partial charge in [-0.3, -0.25) is 4.79 Å². The molecule has 1 heterocycles. The molecule has 0 spiro atoms. The van der Waals surface area contributed by atoms with E-state index in [2.05, 4.69) is 26.1 Å². The molecule has 102 valence electrons. The number of carbonyl (C=O) groups is 1. The van der Waals surface area contributed by atoms with Crippen molar-refractivity contribution in [3.05, 3.63) is 17.0 Å². The molecule has 0 aliphatic carbocycles. The Morgan fingerprint density at radius 1 is 1.44 bits per heavy atom. The number of amides is 1. The van der Waals surface area contributed by atoms with Crippen LogP contribution in [0.15, 0.2) is 15.7 Å². The molecule has 1 rings (SSSR count). The van der Waals surface area contributed by atoms with Gasteiger partial charge in [0, 0.05) is 22.6 Å². The van der Waals surface area contributed by atoms with Crippen molar-refractivity contribution in [1.29, 1.82) is 0 Å². The van der Waals surface area contributed by atoms with Gasteiger partial charge in [0.15, 0.2) is 0 Å². The van der Waals surface area contributed by atoms with Gasteiger partial charge < -0.3 is 5.32 Å². The summed E-state index contributed by atoms with van der Waals surface area (Å²) in [4.78, 5) is 11.7. The fraction of sp³-hybridized carbons (Fsp3) is 0.545. The highest BCUT2D eigenvalue weighted by Gasteiger charge is 2.17. The van der Waals surface area contributed by atoms with Crippen LogP contribution in [0.1, 0.15) is 37.6 Å². The molecular weight excluding hydrogens is 294 g/mol. The Hall–Kier alpha value is -0.590. The zero-order valence-electron chi connectivity index (χ0n) is 10.5. The summed E-state index contributed by atoms with van der Waals surface area (Å²) in [5, 5.41) is 4.24. The number of halogens is 1. The van der Waals surface area contributed by atoms with Crippen molar-refractivity contribution in [3.8, 4) is 0 Å². The summed E-state index contributed by atoms with van der Waals surface area (Å²) >= 11 is 0.943. The van der Waals surface area contributed by atoms with E-state index in [-0.39, 0.29) is 15.5 Å². The lowest BCUT2D eigenvalue weighted by Crippen LogP contribution is -2.26. The van der Waals surface area contributed by atoms with E-state index >= 15 is 0 Å². The minimum atomic E-state index is -3.75. The van der Waals surface area contributed by atoms with E-state index in [1.807, 2.05) is 0 Å². The third-order valence-corrected chi connectivity index (χ3v) is 5.28. The largest absolute Gasteiger partial charge is 0.352 e. The normalized spacial score (nSPS) is 12.4. The number of carbonyl (C=O) groups excluding carboxylic acids is 1. The Bertz CT molecular complexity index is 529. The minimum absolute atomic E-state index is 0.00913. The molecule has 1 amide bonds. The van der Waals surface area contributed by atoms with Gasteiger partial charge in [-0.05, 0) is 17.9 Å². The summed E-state index contributed by atoms with van der Waals surface area (Å²) in [6, 6.07) is 1.29. The van der Waals surface area contributed by atoms with Crippen molar-refractivity contribution in [2.75, 3.05) is 6.54 Å². The average Bonchev–Trinajstić information content (AvgIpc) is 2.62. The van der Waals surface area contributed by atoms with E-state index in [9.17, 15) is 13.2 Å². The smallest absolute Gasteiger partial charge is 0.270 e. The van der Waals surface area contributed by atoms with Crippen LogP contribution < -0.4 is 5.32 Å². The van der Waals surface area contributed by atoms with Crippen molar-refractivity contribution in [1.82, 2.24) is 5.32 Å². The number of nitrogens with one attached hydrogen (secondary N) is 1. The van der Waals surface area contributed by atoms with Gasteiger partial charge in [-0.15, -0.1) is 11.3 Å². The van der Waals surface area contributed by atoms with Crippen molar-refractivity contribution >= 4 is 37.0 Å². The van der Waals surface area contributed by atoms with Crippen LogP contribution in [0.25, 0.3) is 0 Å². The maximum atomic E-state index is 11.7. The lowest BCUT2D eigenvalue weighted by atomic mass is 9.92. The van der Waals surface area contributed by atoms with Gasteiger partial charge in [-0.25, -0.2) is 8.42 Å². The Kier molecular flexibility index (Phi) is 4.80. The highest BCUT2D eigenvalue weighted by molar-refractivity contribution is 8.15. The van der Waals surface area contributed by atoms with Crippen molar-refractivity contribution in [2.45, 2.75) is 31.4 Å². The second kappa shape index (κ2) is 5.59. The summed E-state index contributed by atoms with van der Waals surface area (Å²) in [7, 11) is 1.44. The third-order valence-electron chi connectivity index (χ3n) is 2.24. The van der Waals surface area contributed by atoms with E-state index in [0.29, 0.717) is 12.1 Å². The molecule has 0 unspecified atom stereocenters. The third kappa shape index (κ3) is 4.96. The summed E-state index contributed by atoms with van der Waals surface area (Å²) in [5.41, 5.74) is 0.472. The fourth-order valence-corrected chi connectivity index (χ4v) is 3.16. The molecule has 0 saturated heterocycles.